The fourth-order valence-corrected chi connectivity index (χ4v) is 2.97. The molecule has 1 aliphatic rings. The summed E-state index contributed by atoms with van der Waals surface area (Å²) < 4.78 is 5.72. The van der Waals surface area contributed by atoms with Crippen LogP contribution in [0.25, 0.3) is 0 Å². The molecule has 0 aromatic heterocycles. The van der Waals surface area contributed by atoms with Gasteiger partial charge in [-0.15, -0.1) is 0 Å². The van der Waals surface area contributed by atoms with E-state index in [4.69, 9.17) is 4.74 Å². The van der Waals surface area contributed by atoms with Crippen LogP contribution in [0.2, 0.25) is 0 Å². The molecule has 1 fully saturated rings. The number of carbonyl (C=O) groups is 1. The molecule has 116 valence electrons. The smallest absolute Gasteiger partial charge is 0.310 e. The number of rotatable bonds is 6. The van der Waals surface area contributed by atoms with Crippen LogP contribution >= 0.6 is 0 Å². The summed E-state index contributed by atoms with van der Waals surface area (Å²) in [5, 5.41) is 9.49. The molecule has 0 amide bonds. The molecule has 2 rings (SSSR count). The van der Waals surface area contributed by atoms with Crippen molar-refractivity contribution in [1.82, 2.24) is 4.90 Å². The maximum absolute atomic E-state index is 11.5. The molecule has 1 saturated heterocycles. The molecule has 1 aliphatic heterocycles. The minimum absolute atomic E-state index is 0.218. The second-order valence-electron chi connectivity index (χ2n) is 5.84. The topological polar surface area (TPSA) is 49.8 Å². The van der Waals surface area contributed by atoms with Gasteiger partial charge in [0.05, 0.1) is 5.92 Å². The van der Waals surface area contributed by atoms with Crippen molar-refractivity contribution in [2.75, 3.05) is 26.2 Å². The van der Waals surface area contributed by atoms with Gasteiger partial charge < -0.3 is 14.7 Å². The predicted molar refractivity (Wildman–Crippen MR) is 82.6 cm³/mol. The highest BCUT2D eigenvalue weighted by molar-refractivity contribution is 5.70. The molecule has 4 heteroatoms. The zero-order chi connectivity index (χ0) is 15.2. The van der Waals surface area contributed by atoms with E-state index >= 15 is 0 Å². The molecule has 1 N–H and O–H groups in total. The Morgan fingerprint density at radius 2 is 2.14 bits per heavy atom. The molecule has 0 bridgehead atoms. The molecule has 4 nitrogen and oxygen atoms in total. The number of carboxylic acid groups (broad SMARTS) is 1. The SMILES string of the molecule is CCN1CCC(C(COc2cccc(C)c2)C(=O)O)CC1. The predicted octanol–water partition coefficient (Wildman–Crippen LogP) is 2.81. The van der Waals surface area contributed by atoms with Crippen LogP contribution < -0.4 is 4.74 Å². The first-order chi connectivity index (χ1) is 10.1. The molecule has 0 aliphatic carbocycles. The van der Waals surface area contributed by atoms with Crippen molar-refractivity contribution in [2.24, 2.45) is 11.8 Å². The van der Waals surface area contributed by atoms with Crippen LogP contribution in [0, 0.1) is 18.8 Å². The van der Waals surface area contributed by atoms with Gasteiger partial charge in [0.1, 0.15) is 12.4 Å². The van der Waals surface area contributed by atoms with Crippen molar-refractivity contribution in [2.45, 2.75) is 26.7 Å². The minimum atomic E-state index is -0.738. The maximum atomic E-state index is 11.5. The third-order valence-electron chi connectivity index (χ3n) is 4.38. The van der Waals surface area contributed by atoms with E-state index in [1.165, 1.54) is 0 Å². The average Bonchev–Trinajstić information content (AvgIpc) is 2.48. The van der Waals surface area contributed by atoms with Crippen LogP contribution in [0.3, 0.4) is 0 Å². The molecule has 0 radical (unpaired) electrons. The Bertz CT molecular complexity index is 467. The Labute approximate surface area is 126 Å². The lowest BCUT2D eigenvalue weighted by atomic mass is 9.84. The highest BCUT2D eigenvalue weighted by Gasteiger charge is 2.31. The number of ether oxygens (including phenoxy) is 1. The quantitative estimate of drug-likeness (QED) is 0.875. The molecule has 21 heavy (non-hydrogen) atoms. The van der Waals surface area contributed by atoms with Crippen LogP contribution in [0.1, 0.15) is 25.3 Å². The van der Waals surface area contributed by atoms with Crippen LogP contribution in [-0.4, -0.2) is 42.2 Å². The molecule has 0 saturated carbocycles. The van der Waals surface area contributed by atoms with E-state index < -0.39 is 11.9 Å². The highest BCUT2D eigenvalue weighted by Crippen LogP contribution is 2.26. The van der Waals surface area contributed by atoms with Crippen molar-refractivity contribution in [3.8, 4) is 5.75 Å². The minimum Gasteiger partial charge on any atom is -0.493 e. The lowest BCUT2D eigenvalue weighted by molar-refractivity contribution is -0.145. The summed E-state index contributed by atoms with van der Waals surface area (Å²) in [4.78, 5) is 13.9. The number of carboxylic acids is 1. The Hall–Kier alpha value is -1.55. The largest absolute Gasteiger partial charge is 0.493 e. The number of aliphatic carboxylic acids is 1. The van der Waals surface area contributed by atoms with Crippen LogP contribution in [0.15, 0.2) is 24.3 Å². The van der Waals surface area contributed by atoms with E-state index in [1.54, 1.807) is 0 Å². The highest BCUT2D eigenvalue weighted by atomic mass is 16.5. The van der Waals surface area contributed by atoms with Crippen LogP contribution in [0.5, 0.6) is 5.75 Å². The molecule has 1 unspecified atom stereocenters. The van der Waals surface area contributed by atoms with Crippen molar-refractivity contribution in [3.05, 3.63) is 29.8 Å². The first-order valence-corrected chi connectivity index (χ1v) is 7.74. The number of aryl methyl sites for hydroxylation is 1. The third-order valence-corrected chi connectivity index (χ3v) is 4.38. The number of piperidine rings is 1. The summed E-state index contributed by atoms with van der Waals surface area (Å²) in [6.45, 7) is 7.45. The third kappa shape index (κ3) is 4.46. The summed E-state index contributed by atoms with van der Waals surface area (Å²) in [5.41, 5.74) is 1.12. The summed E-state index contributed by atoms with van der Waals surface area (Å²) in [6.07, 6.45) is 1.89. The monoisotopic (exact) mass is 291 g/mol. The molecule has 1 heterocycles. The van der Waals surface area contributed by atoms with Gasteiger partial charge in [0.2, 0.25) is 0 Å². The number of likely N-dealkylation sites (tertiary alicyclic amines) is 1. The van der Waals surface area contributed by atoms with E-state index in [2.05, 4.69) is 11.8 Å². The molecular formula is C17H25NO3. The first kappa shape index (κ1) is 15.8. The summed E-state index contributed by atoms with van der Waals surface area (Å²) in [5.74, 6) is -0.176. The fraction of sp³-hybridized carbons (Fsp3) is 0.588. The number of benzene rings is 1. The Morgan fingerprint density at radius 3 is 2.71 bits per heavy atom. The summed E-state index contributed by atoms with van der Waals surface area (Å²) in [7, 11) is 0. The lowest BCUT2D eigenvalue weighted by Gasteiger charge is -2.33. The Balaban J connectivity index is 1.92. The standard InChI is InChI=1S/C17H25NO3/c1-3-18-9-7-14(8-10-18)16(17(19)20)12-21-15-6-4-5-13(2)11-15/h4-6,11,14,16H,3,7-10,12H2,1-2H3,(H,19,20). The van der Waals surface area contributed by atoms with Crippen molar-refractivity contribution in [1.29, 1.82) is 0 Å². The first-order valence-electron chi connectivity index (χ1n) is 7.74. The van der Waals surface area contributed by atoms with Crippen molar-refractivity contribution in [3.63, 3.8) is 0 Å². The van der Waals surface area contributed by atoms with Gasteiger partial charge in [0.25, 0.3) is 0 Å². The van der Waals surface area contributed by atoms with Crippen molar-refractivity contribution >= 4 is 5.97 Å². The maximum Gasteiger partial charge on any atom is 0.310 e. The lowest BCUT2D eigenvalue weighted by Crippen LogP contribution is -2.39. The van der Waals surface area contributed by atoms with Gasteiger partial charge in [-0.2, -0.15) is 0 Å². The fourth-order valence-electron chi connectivity index (χ4n) is 2.97. The zero-order valence-electron chi connectivity index (χ0n) is 12.9. The van der Waals surface area contributed by atoms with Crippen molar-refractivity contribution < 1.29 is 14.6 Å². The molecule has 1 aromatic carbocycles. The second-order valence-corrected chi connectivity index (χ2v) is 5.84. The normalized spacial score (nSPS) is 18.4. The van der Waals surface area contributed by atoms with Gasteiger partial charge in [-0.1, -0.05) is 19.1 Å². The molecule has 1 atom stereocenters. The van der Waals surface area contributed by atoms with E-state index in [1.807, 2.05) is 31.2 Å². The van der Waals surface area contributed by atoms with Gasteiger partial charge in [-0.05, 0) is 63.0 Å². The van der Waals surface area contributed by atoms with Gasteiger partial charge in [-0.3, -0.25) is 4.79 Å². The average molecular weight is 291 g/mol. The summed E-state index contributed by atoms with van der Waals surface area (Å²) in [6, 6.07) is 7.76. The molecular weight excluding hydrogens is 266 g/mol. The van der Waals surface area contributed by atoms with E-state index in [9.17, 15) is 9.90 Å². The van der Waals surface area contributed by atoms with Crippen LogP contribution in [0.4, 0.5) is 0 Å². The van der Waals surface area contributed by atoms with Gasteiger partial charge in [0, 0.05) is 0 Å². The molecule has 1 aromatic rings. The van der Waals surface area contributed by atoms with Gasteiger partial charge in [-0.25, -0.2) is 0 Å². The Morgan fingerprint density at radius 1 is 1.43 bits per heavy atom. The number of nitrogens with zero attached hydrogens (tertiary/aromatic N) is 1. The van der Waals surface area contributed by atoms with E-state index in [-0.39, 0.29) is 12.5 Å². The van der Waals surface area contributed by atoms with E-state index in [0.717, 1.165) is 43.8 Å². The van der Waals surface area contributed by atoms with Gasteiger partial charge >= 0.3 is 5.97 Å². The molecule has 0 spiro atoms. The zero-order valence-corrected chi connectivity index (χ0v) is 12.9. The Kier molecular flexibility index (Phi) is 5.62. The van der Waals surface area contributed by atoms with Crippen LogP contribution in [-0.2, 0) is 4.79 Å². The van der Waals surface area contributed by atoms with Gasteiger partial charge in [0.15, 0.2) is 0 Å². The summed E-state index contributed by atoms with van der Waals surface area (Å²) >= 11 is 0. The number of hydrogen-bond acceptors (Lipinski definition) is 3. The second kappa shape index (κ2) is 7.46. The number of hydrogen-bond donors (Lipinski definition) is 1. The van der Waals surface area contributed by atoms with E-state index in [0.29, 0.717) is 0 Å².